The van der Waals surface area contributed by atoms with Crippen LogP contribution in [0.25, 0.3) is 16.0 Å². The van der Waals surface area contributed by atoms with Crippen LogP contribution in [-0.4, -0.2) is 41.1 Å². The summed E-state index contributed by atoms with van der Waals surface area (Å²) in [6, 6.07) is 14.7. The Bertz CT molecular complexity index is 1780. The third kappa shape index (κ3) is 4.88. The van der Waals surface area contributed by atoms with Gasteiger partial charge in [-0.25, -0.2) is 4.98 Å². The Morgan fingerprint density at radius 1 is 1.17 bits per heavy atom. The third-order valence-electron chi connectivity index (χ3n) is 7.10. The van der Waals surface area contributed by atoms with E-state index in [0.29, 0.717) is 51.3 Å². The number of amides is 1. The van der Waals surface area contributed by atoms with Gasteiger partial charge in [-0.2, -0.15) is 0 Å². The molecule has 6 rings (SSSR count). The Morgan fingerprint density at radius 3 is 2.79 bits per heavy atom. The number of Topliss-reactive ketones (excluding diaryl/α,β-unsaturated/α-hetero) is 1. The second kappa shape index (κ2) is 11.2. The summed E-state index contributed by atoms with van der Waals surface area (Å²) in [6.07, 6.45) is 2.31. The van der Waals surface area contributed by atoms with Gasteiger partial charge in [-0.15, -0.1) is 0 Å². The number of ether oxygens (including phenoxy) is 3. The van der Waals surface area contributed by atoms with Crippen molar-refractivity contribution in [3.63, 3.8) is 0 Å². The minimum atomic E-state index is -0.989. The number of halogens is 1. The van der Waals surface area contributed by atoms with E-state index in [0.717, 1.165) is 16.0 Å². The number of nitrogens with zero attached hydrogens (tertiary/aromatic N) is 2. The molecule has 2 aliphatic rings. The normalized spacial score (nSPS) is 19.2. The summed E-state index contributed by atoms with van der Waals surface area (Å²) in [6.45, 7) is 8.15. The summed E-state index contributed by atoms with van der Waals surface area (Å²) in [5.41, 5.74) is 2.46. The van der Waals surface area contributed by atoms with Crippen LogP contribution in [0.4, 0.5) is 5.13 Å². The van der Waals surface area contributed by atoms with E-state index < -0.39 is 17.7 Å². The number of aliphatic hydroxyl groups is 1. The van der Waals surface area contributed by atoms with Crippen LogP contribution in [0.2, 0.25) is 5.02 Å². The van der Waals surface area contributed by atoms with Crippen molar-refractivity contribution in [2.24, 2.45) is 0 Å². The van der Waals surface area contributed by atoms with Crippen molar-refractivity contribution in [3.05, 3.63) is 94.5 Å². The molecule has 8 nitrogen and oxygen atoms in total. The summed E-state index contributed by atoms with van der Waals surface area (Å²) in [5.74, 6) is -0.237. The molecule has 1 fully saturated rings. The monoisotopic (exact) mass is 602 g/mol. The SMILES string of the molecule is C=CCOc1ccc([C@H]2C(=C(O)c3ccc4c(c3)C[C@@H](C)O4)C(=O)C(=O)N2c2nc3ccc(Cl)cc3s2)cc1OCC. The van der Waals surface area contributed by atoms with E-state index in [9.17, 15) is 14.7 Å². The van der Waals surface area contributed by atoms with Gasteiger partial charge in [0.15, 0.2) is 16.6 Å². The number of aliphatic hydroxyl groups excluding tert-OH is 1. The van der Waals surface area contributed by atoms with Crippen LogP contribution in [0.5, 0.6) is 17.2 Å². The van der Waals surface area contributed by atoms with Crippen LogP contribution in [-0.2, 0) is 16.0 Å². The van der Waals surface area contributed by atoms with Crippen molar-refractivity contribution in [2.75, 3.05) is 18.1 Å². The fraction of sp³-hybridized carbons (Fsp3) is 0.219. The number of ketones is 1. The van der Waals surface area contributed by atoms with E-state index in [2.05, 4.69) is 11.6 Å². The predicted octanol–water partition coefficient (Wildman–Crippen LogP) is 6.86. The maximum absolute atomic E-state index is 13.7. The van der Waals surface area contributed by atoms with Crippen molar-refractivity contribution in [1.82, 2.24) is 4.98 Å². The van der Waals surface area contributed by atoms with Gasteiger partial charge in [-0.3, -0.25) is 14.5 Å². The summed E-state index contributed by atoms with van der Waals surface area (Å²) in [7, 11) is 0. The number of rotatable bonds is 8. The van der Waals surface area contributed by atoms with Crippen LogP contribution in [0.1, 0.15) is 36.6 Å². The number of carbonyl (C=O) groups is 2. The summed E-state index contributed by atoms with van der Waals surface area (Å²) in [4.78, 5) is 33.4. The van der Waals surface area contributed by atoms with Crippen molar-refractivity contribution >= 4 is 55.7 Å². The number of aromatic nitrogens is 1. The molecule has 1 amide bonds. The fourth-order valence-electron chi connectivity index (χ4n) is 5.29. The average Bonchev–Trinajstić information content (AvgIpc) is 3.63. The molecule has 0 bridgehead atoms. The number of anilines is 1. The predicted molar refractivity (Wildman–Crippen MR) is 163 cm³/mol. The van der Waals surface area contributed by atoms with Crippen molar-refractivity contribution < 1.29 is 28.9 Å². The number of hydrogen-bond donors (Lipinski definition) is 1. The van der Waals surface area contributed by atoms with Gasteiger partial charge in [0.25, 0.3) is 5.78 Å². The molecule has 1 N–H and O–H groups in total. The minimum absolute atomic E-state index is 0.00863. The van der Waals surface area contributed by atoms with Crippen LogP contribution in [0, 0.1) is 0 Å². The number of thiazole rings is 1. The number of hydrogen-bond acceptors (Lipinski definition) is 8. The Hall–Kier alpha value is -4.34. The standard InChI is InChI=1S/C32H27ClN2O6S/c1-4-12-40-24-11-6-18(15-25(24)39-5-2)28-27(29(36)19-7-10-23-20(14-19)13-17(3)41-23)30(37)31(38)35(28)32-34-22-9-8-21(33)16-26(22)42-32/h4,6-11,14-17,28,36H,1,5,12-13H2,2-3H3/t17-,28+/m1/s1. The average molecular weight is 603 g/mol. The van der Waals surface area contributed by atoms with Crippen molar-refractivity contribution in [1.29, 1.82) is 0 Å². The number of benzene rings is 3. The van der Waals surface area contributed by atoms with Gasteiger partial charge in [0.1, 0.15) is 24.2 Å². The lowest BCUT2D eigenvalue weighted by atomic mass is 9.94. The first kappa shape index (κ1) is 27.8. The summed E-state index contributed by atoms with van der Waals surface area (Å²) in [5, 5.41) is 12.5. The maximum Gasteiger partial charge on any atom is 0.301 e. The third-order valence-corrected chi connectivity index (χ3v) is 8.35. The van der Waals surface area contributed by atoms with E-state index in [1.165, 1.54) is 16.2 Å². The number of fused-ring (bicyclic) bond motifs is 2. The van der Waals surface area contributed by atoms with E-state index >= 15 is 0 Å². The molecule has 0 saturated carbocycles. The molecule has 2 atom stereocenters. The molecule has 2 aliphatic heterocycles. The van der Waals surface area contributed by atoms with E-state index in [-0.39, 0.29) is 24.0 Å². The molecule has 42 heavy (non-hydrogen) atoms. The fourth-order valence-corrected chi connectivity index (χ4v) is 6.56. The maximum atomic E-state index is 13.7. The summed E-state index contributed by atoms with van der Waals surface area (Å²) < 4.78 is 18.2. The first-order valence-corrected chi connectivity index (χ1v) is 14.7. The van der Waals surface area contributed by atoms with Gasteiger partial charge < -0.3 is 19.3 Å². The molecule has 10 heteroatoms. The second-order valence-electron chi connectivity index (χ2n) is 9.97. The van der Waals surface area contributed by atoms with E-state index in [4.69, 9.17) is 25.8 Å². The van der Waals surface area contributed by atoms with Crippen LogP contribution >= 0.6 is 22.9 Å². The molecular weight excluding hydrogens is 576 g/mol. The zero-order valence-electron chi connectivity index (χ0n) is 22.9. The van der Waals surface area contributed by atoms with Gasteiger partial charge in [0, 0.05) is 17.0 Å². The molecule has 0 unspecified atom stereocenters. The zero-order chi connectivity index (χ0) is 29.5. The van der Waals surface area contributed by atoms with Crippen LogP contribution in [0.3, 0.4) is 0 Å². The minimum Gasteiger partial charge on any atom is -0.507 e. The lowest BCUT2D eigenvalue weighted by molar-refractivity contribution is -0.132. The van der Waals surface area contributed by atoms with Gasteiger partial charge in [-0.1, -0.05) is 41.7 Å². The van der Waals surface area contributed by atoms with Gasteiger partial charge in [0.05, 0.1) is 28.4 Å². The second-order valence-corrected chi connectivity index (χ2v) is 11.4. The quantitative estimate of drug-likeness (QED) is 0.102. The molecule has 3 heterocycles. The van der Waals surface area contributed by atoms with Crippen LogP contribution < -0.4 is 19.1 Å². The highest BCUT2D eigenvalue weighted by atomic mass is 35.5. The highest BCUT2D eigenvalue weighted by Crippen LogP contribution is 2.46. The highest BCUT2D eigenvalue weighted by Gasteiger charge is 2.48. The van der Waals surface area contributed by atoms with Crippen molar-refractivity contribution in [3.8, 4) is 17.2 Å². The molecule has 0 aliphatic carbocycles. The highest BCUT2D eigenvalue weighted by molar-refractivity contribution is 7.22. The topological polar surface area (TPSA) is 98.2 Å². The summed E-state index contributed by atoms with van der Waals surface area (Å²) >= 11 is 7.44. The largest absolute Gasteiger partial charge is 0.507 e. The first-order valence-electron chi connectivity index (χ1n) is 13.5. The van der Waals surface area contributed by atoms with Crippen LogP contribution in [0.15, 0.2) is 72.8 Å². The Morgan fingerprint density at radius 2 is 2.00 bits per heavy atom. The lowest BCUT2D eigenvalue weighted by Gasteiger charge is -2.24. The Kier molecular flexibility index (Phi) is 7.38. The molecular formula is C32H27ClN2O6S. The lowest BCUT2D eigenvalue weighted by Crippen LogP contribution is -2.29. The van der Waals surface area contributed by atoms with E-state index in [1.807, 2.05) is 13.8 Å². The smallest absolute Gasteiger partial charge is 0.301 e. The molecule has 1 saturated heterocycles. The zero-order valence-corrected chi connectivity index (χ0v) is 24.5. The van der Waals surface area contributed by atoms with Crippen molar-refractivity contribution in [2.45, 2.75) is 32.4 Å². The molecule has 3 aromatic carbocycles. The Balaban J connectivity index is 1.54. The molecule has 214 valence electrons. The first-order chi connectivity index (χ1) is 20.3. The molecule has 0 radical (unpaired) electrons. The van der Waals surface area contributed by atoms with Gasteiger partial charge in [0.2, 0.25) is 0 Å². The van der Waals surface area contributed by atoms with Gasteiger partial charge >= 0.3 is 5.91 Å². The van der Waals surface area contributed by atoms with Gasteiger partial charge in [-0.05, 0) is 73.5 Å². The molecule has 0 spiro atoms. The van der Waals surface area contributed by atoms with E-state index in [1.54, 1.807) is 60.7 Å². The Labute approximate surface area is 251 Å². The number of carbonyl (C=O) groups excluding carboxylic acids is 2. The molecule has 1 aromatic heterocycles. The molecule has 4 aromatic rings.